The maximum atomic E-state index is 3.66. The number of nitrogens with one attached hydrogen (secondary N) is 1. The number of hydrogen-bond acceptors (Lipinski definition) is 1. The Hall–Kier alpha value is -0.0400. The summed E-state index contributed by atoms with van der Waals surface area (Å²) in [5, 5.41) is 3.66. The Morgan fingerprint density at radius 3 is 2.80 bits per heavy atom. The van der Waals surface area contributed by atoms with Crippen LogP contribution in [0.4, 0.5) is 0 Å². The molecule has 1 nitrogen and oxygen atoms in total. The molecule has 0 aromatic rings. The highest BCUT2D eigenvalue weighted by Crippen LogP contribution is 2.27. The van der Waals surface area contributed by atoms with Crippen LogP contribution in [0.2, 0.25) is 0 Å². The first-order valence-corrected chi connectivity index (χ1v) is 6.93. The van der Waals surface area contributed by atoms with E-state index in [1.54, 1.807) is 0 Å². The summed E-state index contributed by atoms with van der Waals surface area (Å²) in [5.41, 5.74) is 0. The summed E-state index contributed by atoms with van der Waals surface area (Å²) in [7, 11) is 0. The van der Waals surface area contributed by atoms with Crippen LogP contribution in [0.5, 0.6) is 0 Å². The highest BCUT2D eigenvalue weighted by Gasteiger charge is 2.18. The van der Waals surface area contributed by atoms with Crippen molar-refractivity contribution in [2.75, 3.05) is 13.1 Å². The molecule has 0 aromatic heterocycles. The minimum atomic E-state index is 0.857. The maximum absolute atomic E-state index is 3.66. The third kappa shape index (κ3) is 5.55. The molecule has 1 rings (SSSR count). The van der Waals surface area contributed by atoms with Crippen LogP contribution in [0.15, 0.2) is 0 Å². The summed E-state index contributed by atoms with van der Waals surface area (Å²) in [4.78, 5) is 0. The third-order valence-corrected chi connectivity index (χ3v) is 3.75. The molecule has 90 valence electrons. The zero-order valence-corrected chi connectivity index (χ0v) is 10.9. The van der Waals surface area contributed by atoms with E-state index in [4.69, 9.17) is 0 Å². The van der Waals surface area contributed by atoms with Gasteiger partial charge in [0.15, 0.2) is 0 Å². The molecule has 1 N–H and O–H groups in total. The SMILES string of the molecule is CCCC(C)CNCC1CCCC(C)C1. The molecule has 1 fully saturated rings. The Bertz CT molecular complexity index is 155. The van der Waals surface area contributed by atoms with Gasteiger partial charge in [0.25, 0.3) is 0 Å². The summed E-state index contributed by atoms with van der Waals surface area (Å²) >= 11 is 0. The molecule has 0 aromatic carbocycles. The Morgan fingerprint density at radius 2 is 2.13 bits per heavy atom. The predicted molar refractivity (Wildman–Crippen MR) is 68.1 cm³/mol. The zero-order chi connectivity index (χ0) is 11.1. The van der Waals surface area contributed by atoms with Crippen molar-refractivity contribution in [2.24, 2.45) is 17.8 Å². The van der Waals surface area contributed by atoms with Crippen LogP contribution in [-0.2, 0) is 0 Å². The van der Waals surface area contributed by atoms with Crippen LogP contribution < -0.4 is 5.32 Å². The molecule has 0 spiro atoms. The molecule has 15 heavy (non-hydrogen) atoms. The molecule has 0 radical (unpaired) electrons. The molecule has 1 aliphatic carbocycles. The zero-order valence-electron chi connectivity index (χ0n) is 10.9. The topological polar surface area (TPSA) is 12.0 Å². The molecule has 1 saturated carbocycles. The molecule has 3 unspecified atom stereocenters. The average Bonchev–Trinajstić information content (AvgIpc) is 2.18. The van der Waals surface area contributed by atoms with Crippen LogP contribution >= 0.6 is 0 Å². The van der Waals surface area contributed by atoms with Crippen molar-refractivity contribution < 1.29 is 0 Å². The fourth-order valence-corrected chi connectivity index (χ4v) is 2.87. The Morgan fingerprint density at radius 1 is 1.33 bits per heavy atom. The fourth-order valence-electron chi connectivity index (χ4n) is 2.87. The van der Waals surface area contributed by atoms with Crippen LogP contribution in [0.3, 0.4) is 0 Å². The van der Waals surface area contributed by atoms with E-state index in [-0.39, 0.29) is 0 Å². The maximum Gasteiger partial charge on any atom is -0.00203 e. The van der Waals surface area contributed by atoms with Gasteiger partial charge in [-0.2, -0.15) is 0 Å². The van der Waals surface area contributed by atoms with E-state index in [2.05, 4.69) is 26.1 Å². The molecule has 3 atom stereocenters. The van der Waals surface area contributed by atoms with E-state index in [1.165, 1.54) is 51.6 Å². The van der Waals surface area contributed by atoms with Crippen molar-refractivity contribution in [3.63, 3.8) is 0 Å². The molecule has 0 saturated heterocycles. The highest BCUT2D eigenvalue weighted by atomic mass is 14.9. The molecule has 1 heteroatoms. The predicted octanol–water partition coefficient (Wildman–Crippen LogP) is 3.84. The van der Waals surface area contributed by atoms with Gasteiger partial charge in [0.05, 0.1) is 0 Å². The van der Waals surface area contributed by atoms with Gasteiger partial charge in [0, 0.05) is 0 Å². The van der Waals surface area contributed by atoms with Crippen molar-refractivity contribution in [1.82, 2.24) is 5.32 Å². The summed E-state index contributed by atoms with van der Waals surface area (Å²) in [6, 6.07) is 0. The summed E-state index contributed by atoms with van der Waals surface area (Å²) in [5.74, 6) is 2.79. The molecule has 1 aliphatic rings. The van der Waals surface area contributed by atoms with E-state index in [0.717, 1.165) is 17.8 Å². The largest absolute Gasteiger partial charge is 0.316 e. The first-order chi connectivity index (χ1) is 7.22. The summed E-state index contributed by atoms with van der Waals surface area (Å²) in [6.45, 7) is 9.53. The van der Waals surface area contributed by atoms with Crippen molar-refractivity contribution in [2.45, 2.75) is 59.3 Å². The van der Waals surface area contributed by atoms with Crippen molar-refractivity contribution >= 4 is 0 Å². The standard InChI is InChI=1S/C14H29N/c1-4-6-13(3)10-15-11-14-8-5-7-12(2)9-14/h12-15H,4-11H2,1-3H3. The van der Waals surface area contributed by atoms with Crippen molar-refractivity contribution in [3.05, 3.63) is 0 Å². The van der Waals surface area contributed by atoms with Crippen LogP contribution in [0.25, 0.3) is 0 Å². The van der Waals surface area contributed by atoms with Gasteiger partial charge in [0.2, 0.25) is 0 Å². The molecule has 0 aliphatic heterocycles. The molecule has 0 bridgehead atoms. The van der Waals surface area contributed by atoms with E-state index in [1.807, 2.05) is 0 Å². The van der Waals surface area contributed by atoms with Gasteiger partial charge in [0.1, 0.15) is 0 Å². The Kier molecular flexibility index (Phi) is 6.31. The van der Waals surface area contributed by atoms with E-state index < -0.39 is 0 Å². The minimum Gasteiger partial charge on any atom is -0.316 e. The fraction of sp³-hybridized carbons (Fsp3) is 1.00. The quantitative estimate of drug-likeness (QED) is 0.704. The van der Waals surface area contributed by atoms with E-state index in [9.17, 15) is 0 Å². The van der Waals surface area contributed by atoms with Gasteiger partial charge >= 0.3 is 0 Å². The second kappa shape index (κ2) is 7.27. The van der Waals surface area contributed by atoms with Crippen LogP contribution in [0.1, 0.15) is 59.3 Å². The summed E-state index contributed by atoms with van der Waals surface area (Å²) < 4.78 is 0. The van der Waals surface area contributed by atoms with Gasteiger partial charge in [-0.3, -0.25) is 0 Å². The second-order valence-electron chi connectivity index (χ2n) is 5.69. The second-order valence-corrected chi connectivity index (χ2v) is 5.69. The van der Waals surface area contributed by atoms with Gasteiger partial charge in [-0.25, -0.2) is 0 Å². The van der Waals surface area contributed by atoms with E-state index >= 15 is 0 Å². The lowest BCUT2D eigenvalue weighted by atomic mass is 9.82. The Balaban J connectivity index is 2.03. The number of rotatable bonds is 6. The van der Waals surface area contributed by atoms with Crippen molar-refractivity contribution in [3.8, 4) is 0 Å². The van der Waals surface area contributed by atoms with E-state index in [0.29, 0.717) is 0 Å². The first kappa shape index (κ1) is 13.0. The van der Waals surface area contributed by atoms with Gasteiger partial charge in [-0.15, -0.1) is 0 Å². The highest BCUT2D eigenvalue weighted by molar-refractivity contribution is 4.72. The molecule has 0 amide bonds. The lowest BCUT2D eigenvalue weighted by Crippen LogP contribution is -2.29. The normalized spacial score (nSPS) is 29.0. The third-order valence-electron chi connectivity index (χ3n) is 3.75. The van der Waals surface area contributed by atoms with Crippen LogP contribution in [-0.4, -0.2) is 13.1 Å². The van der Waals surface area contributed by atoms with Gasteiger partial charge < -0.3 is 5.32 Å². The van der Waals surface area contributed by atoms with Crippen molar-refractivity contribution in [1.29, 1.82) is 0 Å². The average molecular weight is 211 g/mol. The summed E-state index contributed by atoms with van der Waals surface area (Å²) in [6.07, 6.45) is 8.52. The lowest BCUT2D eigenvalue weighted by molar-refractivity contribution is 0.270. The van der Waals surface area contributed by atoms with Gasteiger partial charge in [-0.05, 0) is 50.1 Å². The molecular formula is C14H29N. The molecular weight excluding hydrogens is 182 g/mol. The monoisotopic (exact) mass is 211 g/mol. The number of hydrogen-bond donors (Lipinski definition) is 1. The smallest absolute Gasteiger partial charge is 0.00203 e. The lowest BCUT2D eigenvalue weighted by Gasteiger charge is -2.27. The first-order valence-electron chi connectivity index (χ1n) is 6.93. The van der Waals surface area contributed by atoms with Gasteiger partial charge in [-0.1, -0.05) is 40.0 Å². The minimum absolute atomic E-state index is 0.857. The molecule has 0 heterocycles. The van der Waals surface area contributed by atoms with Crippen LogP contribution in [0, 0.1) is 17.8 Å². The Labute approximate surface area is 96.0 Å².